The molecule has 0 radical (unpaired) electrons. The van der Waals surface area contributed by atoms with Gasteiger partial charge in [-0.3, -0.25) is 0 Å². The Hall–Kier alpha value is -1.46. The molecule has 0 saturated heterocycles. The van der Waals surface area contributed by atoms with Gasteiger partial charge in [0.2, 0.25) is 0 Å². The normalized spacial score (nSPS) is 16.9. The highest BCUT2D eigenvalue weighted by Gasteiger charge is 2.15. The zero-order chi connectivity index (χ0) is 19.1. The van der Waals surface area contributed by atoms with Crippen molar-refractivity contribution >= 4 is 82.6 Å². The maximum atomic E-state index is 2.39. The summed E-state index contributed by atoms with van der Waals surface area (Å²) in [6, 6.07) is 15.9. The molecule has 0 aromatic heterocycles. The monoisotopic (exact) mass is 434 g/mol. The summed E-state index contributed by atoms with van der Waals surface area (Å²) in [4.78, 5) is 0. The van der Waals surface area contributed by atoms with E-state index in [-0.39, 0.29) is 0 Å². The number of rotatable bonds is 1. The lowest BCUT2D eigenvalue weighted by atomic mass is 9.95. The summed E-state index contributed by atoms with van der Waals surface area (Å²) in [5.74, 6) is 0. The van der Waals surface area contributed by atoms with Crippen LogP contribution in [0, 0.1) is 0 Å². The SMILES string of the molecule is C/C=C(/C)c1ccc2c(=C3SC=CS3)c3ccccc3c(=C3SC=CS3)c2c1. The largest absolute Gasteiger partial charge is 0.0895 e. The van der Waals surface area contributed by atoms with Gasteiger partial charge in [0.15, 0.2) is 0 Å². The molecule has 2 heterocycles. The number of hydrogen-bond acceptors (Lipinski definition) is 4. The predicted molar refractivity (Wildman–Crippen MR) is 135 cm³/mol. The molecule has 0 nitrogen and oxygen atoms in total. The molecule has 2 aliphatic rings. The molecule has 0 atom stereocenters. The van der Waals surface area contributed by atoms with Crippen molar-refractivity contribution in [3.05, 3.63) is 86.2 Å². The molecule has 3 aromatic carbocycles. The number of hydrogen-bond donors (Lipinski definition) is 0. The van der Waals surface area contributed by atoms with Crippen LogP contribution in [0.25, 0.3) is 35.6 Å². The second kappa shape index (κ2) is 7.75. The predicted octanol–water partition coefficient (Wildman–Crippen LogP) is 7.45. The summed E-state index contributed by atoms with van der Waals surface area (Å²) < 4.78 is 2.75. The molecule has 2 aliphatic heterocycles. The minimum absolute atomic E-state index is 1.30. The zero-order valence-corrected chi connectivity index (χ0v) is 18.8. The van der Waals surface area contributed by atoms with Gasteiger partial charge in [0.1, 0.15) is 0 Å². The van der Waals surface area contributed by atoms with Gasteiger partial charge in [-0.1, -0.05) is 89.5 Å². The van der Waals surface area contributed by atoms with Crippen LogP contribution in [0.4, 0.5) is 0 Å². The van der Waals surface area contributed by atoms with E-state index in [1.165, 1.54) is 51.6 Å². The Morgan fingerprint density at radius 3 is 1.71 bits per heavy atom. The number of fused-ring (bicyclic) bond motifs is 2. The third kappa shape index (κ3) is 3.07. The summed E-state index contributed by atoms with van der Waals surface area (Å²) in [5, 5.41) is 16.9. The van der Waals surface area contributed by atoms with Gasteiger partial charge in [0.05, 0.1) is 8.47 Å². The minimum atomic E-state index is 1.30. The molecule has 5 rings (SSSR count). The lowest BCUT2D eigenvalue weighted by Gasteiger charge is -2.12. The van der Waals surface area contributed by atoms with E-state index in [1.807, 2.05) is 47.0 Å². The molecule has 28 heavy (non-hydrogen) atoms. The fourth-order valence-electron chi connectivity index (χ4n) is 3.68. The molecular formula is C24H18S4. The van der Waals surface area contributed by atoms with Crippen LogP contribution in [0.15, 0.2) is 70.2 Å². The highest BCUT2D eigenvalue weighted by molar-refractivity contribution is 8.35. The summed E-state index contributed by atoms with van der Waals surface area (Å²) >= 11 is 7.35. The molecule has 3 aromatic rings. The smallest absolute Gasteiger partial charge is 0.0571 e. The Labute approximate surface area is 181 Å². The van der Waals surface area contributed by atoms with Crippen LogP contribution in [-0.2, 0) is 0 Å². The summed E-state index contributed by atoms with van der Waals surface area (Å²) in [5.41, 5.74) is 2.62. The first-order valence-electron chi connectivity index (χ1n) is 9.11. The molecule has 4 heteroatoms. The van der Waals surface area contributed by atoms with Crippen LogP contribution >= 0.6 is 47.0 Å². The Balaban J connectivity index is 2.06. The van der Waals surface area contributed by atoms with Gasteiger partial charge in [0.25, 0.3) is 0 Å². The second-order valence-corrected chi connectivity index (χ2v) is 10.8. The maximum Gasteiger partial charge on any atom is 0.0571 e. The fourth-order valence-corrected chi connectivity index (χ4v) is 7.53. The molecule has 0 spiro atoms. The molecule has 0 saturated carbocycles. The van der Waals surface area contributed by atoms with E-state index in [1.54, 1.807) is 0 Å². The quantitative estimate of drug-likeness (QED) is 0.365. The molecule has 0 unspecified atom stereocenters. The number of allylic oxidation sites excluding steroid dienone is 2. The molecule has 0 N–H and O–H groups in total. The van der Waals surface area contributed by atoms with Gasteiger partial charge in [-0.05, 0) is 74.2 Å². The standard InChI is InChI=1S/C24H18S4/c1-3-15(2)16-8-9-19-20(14-16)22(24-27-12-13-28-24)18-7-5-4-6-17(18)21(19)23-25-10-11-26-23/h3-14H,1-2H3/b15-3-. The molecule has 138 valence electrons. The summed E-state index contributed by atoms with van der Waals surface area (Å²) in [7, 11) is 0. The van der Waals surface area contributed by atoms with E-state index in [9.17, 15) is 0 Å². The Morgan fingerprint density at radius 2 is 1.18 bits per heavy atom. The first kappa shape index (κ1) is 18.6. The van der Waals surface area contributed by atoms with Crippen LogP contribution < -0.4 is 10.4 Å². The van der Waals surface area contributed by atoms with Crippen molar-refractivity contribution in [2.24, 2.45) is 0 Å². The van der Waals surface area contributed by atoms with Crippen molar-refractivity contribution in [1.82, 2.24) is 0 Å². The second-order valence-electron chi connectivity index (χ2n) is 6.62. The molecular weight excluding hydrogens is 417 g/mol. The highest BCUT2D eigenvalue weighted by Crippen LogP contribution is 2.41. The van der Waals surface area contributed by atoms with Gasteiger partial charge < -0.3 is 0 Å². The fraction of sp³-hybridized carbons (Fsp3) is 0.0833. The van der Waals surface area contributed by atoms with E-state index in [0.29, 0.717) is 0 Å². The van der Waals surface area contributed by atoms with Crippen LogP contribution in [0.2, 0.25) is 0 Å². The van der Waals surface area contributed by atoms with Crippen molar-refractivity contribution in [2.45, 2.75) is 13.8 Å². The molecule has 0 fully saturated rings. The number of thioether (sulfide) groups is 4. The van der Waals surface area contributed by atoms with Crippen LogP contribution in [-0.4, -0.2) is 0 Å². The maximum absolute atomic E-state index is 2.39. The van der Waals surface area contributed by atoms with E-state index in [2.05, 4.69) is 84.0 Å². The topological polar surface area (TPSA) is 0 Å². The van der Waals surface area contributed by atoms with E-state index >= 15 is 0 Å². The number of benzene rings is 3. The summed E-state index contributed by atoms with van der Waals surface area (Å²) in [6.07, 6.45) is 2.19. The van der Waals surface area contributed by atoms with Crippen molar-refractivity contribution in [3.63, 3.8) is 0 Å². The van der Waals surface area contributed by atoms with Gasteiger partial charge in [-0.15, -0.1) is 0 Å². The van der Waals surface area contributed by atoms with Crippen molar-refractivity contribution < 1.29 is 0 Å². The van der Waals surface area contributed by atoms with Crippen LogP contribution in [0.3, 0.4) is 0 Å². The van der Waals surface area contributed by atoms with Gasteiger partial charge >= 0.3 is 0 Å². The first-order valence-corrected chi connectivity index (χ1v) is 12.6. The van der Waals surface area contributed by atoms with E-state index in [4.69, 9.17) is 0 Å². The molecule has 0 aliphatic carbocycles. The Kier molecular flexibility index (Phi) is 5.14. The highest BCUT2D eigenvalue weighted by atomic mass is 32.2. The van der Waals surface area contributed by atoms with E-state index in [0.717, 1.165) is 0 Å². The van der Waals surface area contributed by atoms with Crippen molar-refractivity contribution in [3.8, 4) is 0 Å². The van der Waals surface area contributed by atoms with Crippen LogP contribution in [0.5, 0.6) is 0 Å². The molecule has 0 amide bonds. The lowest BCUT2D eigenvalue weighted by Crippen LogP contribution is -2.17. The van der Waals surface area contributed by atoms with Gasteiger partial charge in [0, 0.05) is 10.4 Å². The third-order valence-corrected chi connectivity index (χ3v) is 9.39. The first-order chi connectivity index (χ1) is 13.8. The summed E-state index contributed by atoms with van der Waals surface area (Å²) in [6.45, 7) is 4.30. The van der Waals surface area contributed by atoms with Crippen molar-refractivity contribution in [2.75, 3.05) is 0 Å². The van der Waals surface area contributed by atoms with Crippen molar-refractivity contribution in [1.29, 1.82) is 0 Å². The van der Waals surface area contributed by atoms with Crippen LogP contribution in [0.1, 0.15) is 19.4 Å². The van der Waals surface area contributed by atoms with E-state index < -0.39 is 0 Å². The van der Waals surface area contributed by atoms with Gasteiger partial charge in [-0.2, -0.15) is 0 Å². The third-order valence-electron chi connectivity index (χ3n) is 5.13. The lowest BCUT2D eigenvalue weighted by molar-refractivity contribution is 1.56. The molecule has 0 bridgehead atoms. The minimum Gasteiger partial charge on any atom is -0.0895 e. The zero-order valence-electron chi connectivity index (χ0n) is 15.6. The van der Waals surface area contributed by atoms with Gasteiger partial charge in [-0.25, -0.2) is 0 Å². The Morgan fingerprint density at radius 1 is 0.679 bits per heavy atom. The average molecular weight is 435 g/mol. The average Bonchev–Trinajstić information content (AvgIpc) is 3.45. The Bertz CT molecular complexity index is 1310.